The van der Waals surface area contributed by atoms with E-state index in [-0.39, 0.29) is 5.41 Å². The van der Waals surface area contributed by atoms with Crippen molar-refractivity contribution in [2.75, 3.05) is 0 Å². The second-order valence-electron chi connectivity index (χ2n) is 6.61. The lowest BCUT2D eigenvalue weighted by Gasteiger charge is -2.46. The molecular weight excluding hydrogens is 268 g/mol. The zero-order chi connectivity index (χ0) is 15.2. The first-order valence-electron chi connectivity index (χ1n) is 7.98. The van der Waals surface area contributed by atoms with Gasteiger partial charge in [0.05, 0.1) is 10.9 Å². The van der Waals surface area contributed by atoms with E-state index >= 15 is 0 Å². The smallest absolute Gasteiger partial charge is 0.139 e. The third-order valence-electron chi connectivity index (χ3n) is 4.94. The summed E-state index contributed by atoms with van der Waals surface area (Å²) < 4.78 is 0. The lowest BCUT2D eigenvalue weighted by Crippen LogP contribution is -2.42. The van der Waals surface area contributed by atoms with Crippen LogP contribution in [0.3, 0.4) is 0 Å². The first-order valence-corrected chi connectivity index (χ1v) is 7.98. The van der Waals surface area contributed by atoms with Crippen LogP contribution in [-0.4, -0.2) is 9.97 Å². The van der Waals surface area contributed by atoms with Crippen molar-refractivity contribution >= 4 is 10.9 Å². The van der Waals surface area contributed by atoms with Gasteiger partial charge in [0.2, 0.25) is 0 Å². The first-order chi connectivity index (χ1) is 10.7. The van der Waals surface area contributed by atoms with E-state index in [0.717, 1.165) is 41.2 Å². The second-order valence-corrected chi connectivity index (χ2v) is 6.61. The second kappa shape index (κ2) is 4.91. The average molecular weight is 288 g/mol. The fourth-order valence-corrected chi connectivity index (χ4v) is 3.88. The largest absolute Gasteiger partial charge is 0.237 e. The number of rotatable bonds is 2. The number of aryl methyl sites for hydroxylation is 1. The summed E-state index contributed by atoms with van der Waals surface area (Å²) in [6, 6.07) is 19.1. The topological polar surface area (TPSA) is 25.8 Å². The number of fused-ring (bicyclic) bond motifs is 1. The predicted molar refractivity (Wildman–Crippen MR) is 89.9 cm³/mol. The Balaban J connectivity index is 1.91. The van der Waals surface area contributed by atoms with Crippen molar-refractivity contribution in [1.29, 1.82) is 0 Å². The van der Waals surface area contributed by atoms with Crippen LogP contribution in [0.25, 0.3) is 10.9 Å². The van der Waals surface area contributed by atoms with Gasteiger partial charge >= 0.3 is 0 Å². The third kappa shape index (κ3) is 1.94. The van der Waals surface area contributed by atoms with E-state index in [0.29, 0.717) is 0 Å². The molecule has 0 amide bonds. The summed E-state index contributed by atoms with van der Waals surface area (Å²) in [6.45, 7) is 4.41. The van der Waals surface area contributed by atoms with Crippen LogP contribution in [0.5, 0.6) is 0 Å². The summed E-state index contributed by atoms with van der Waals surface area (Å²) in [6.07, 6.45) is 2.27. The van der Waals surface area contributed by atoms with Gasteiger partial charge in [0, 0.05) is 11.1 Å². The average Bonchev–Trinajstić information content (AvgIpc) is 2.52. The van der Waals surface area contributed by atoms with Gasteiger partial charge in [0.1, 0.15) is 5.82 Å². The molecule has 0 spiro atoms. The molecule has 1 fully saturated rings. The molecule has 1 heterocycles. The number of hydrogen-bond acceptors (Lipinski definition) is 2. The van der Waals surface area contributed by atoms with Crippen LogP contribution in [-0.2, 0) is 5.41 Å². The highest BCUT2D eigenvalue weighted by Gasteiger charge is 2.47. The molecular formula is C20H20N2. The van der Waals surface area contributed by atoms with Gasteiger partial charge in [-0.2, -0.15) is 0 Å². The van der Waals surface area contributed by atoms with Gasteiger partial charge in [0.15, 0.2) is 0 Å². The lowest BCUT2D eigenvalue weighted by atomic mass is 9.58. The third-order valence-corrected chi connectivity index (χ3v) is 4.94. The first kappa shape index (κ1) is 13.4. The number of aromatic nitrogens is 2. The SMILES string of the molecule is Cc1nc(C2(c3ccccc3)CC(C)C2)nc2ccccc12. The van der Waals surface area contributed by atoms with Gasteiger partial charge in [-0.3, -0.25) is 0 Å². The van der Waals surface area contributed by atoms with Crippen molar-refractivity contribution in [3.8, 4) is 0 Å². The zero-order valence-electron chi connectivity index (χ0n) is 13.1. The van der Waals surface area contributed by atoms with E-state index in [1.807, 2.05) is 0 Å². The molecule has 22 heavy (non-hydrogen) atoms. The maximum Gasteiger partial charge on any atom is 0.139 e. The highest BCUT2D eigenvalue weighted by atomic mass is 14.9. The molecule has 0 radical (unpaired) electrons. The molecule has 2 heteroatoms. The van der Waals surface area contributed by atoms with Gasteiger partial charge in [0.25, 0.3) is 0 Å². The summed E-state index contributed by atoms with van der Waals surface area (Å²) in [5.41, 5.74) is 3.48. The Hall–Kier alpha value is -2.22. The van der Waals surface area contributed by atoms with E-state index < -0.39 is 0 Å². The molecule has 2 aromatic carbocycles. The molecule has 0 aliphatic heterocycles. The van der Waals surface area contributed by atoms with E-state index in [1.54, 1.807) is 0 Å². The normalized spacial score (nSPS) is 24.2. The van der Waals surface area contributed by atoms with Crippen LogP contribution in [0.4, 0.5) is 0 Å². The number of para-hydroxylation sites is 1. The van der Waals surface area contributed by atoms with Crippen molar-refractivity contribution in [3.63, 3.8) is 0 Å². The number of hydrogen-bond donors (Lipinski definition) is 0. The molecule has 1 saturated carbocycles. The lowest BCUT2D eigenvalue weighted by molar-refractivity contribution is 0.190. The Morgan fingerprint density at radius 1 is 0.909 bits per heavy atom. The van der Waals surface area contributed by atoms with Crippen LogP contribution < -0.4 is 0 Å². The van der Waals surface area contributed by atoms with Gasteiger partial charge in [-0.05, 0) is 37.3 Å². The Bertz CT molecular complexity index is 817. The Kier molecular flexibility index (Phi) is 3.00. The van der Waals surface area contributed by atoms with Gasteiger partial charge in [-0.25, -0.2) is 9.97 Å². The monoisotopic (exact) mass is 288 g/mol. The molecule has 0 N–H and O–H groups in total. The molecule has 0 bridgehead atoms. The van der Waals surface area contributed by atoms with Gasteiger partial charge < -0.3 is 0 Å². The minimum Gasteiger partial charge on any atom is -0.237 e. The van der Waals surface area contributed by atoms with Gasteiger partial charge in [-0.15, -0.1) is 0 Å². The predicted octanol–water partition coefficient (Wildman–Crippen LogP) is 4.65. The van der Waals surface area contributed by atoms with Crippen molar-refractivity contribution in [3.05, 3.63) is 71.7 Å². The van der Waals surface area contributed by atoms with Crippen LogP contribution in [0.15, 0.2) is 54.6 Å². The summed E-state index contributed by atoms with van der Waals surface area (Å²) in [7, 11) is 0. The van der Waals surface area contributed by atoms with Crippen molar-refractivity contribution in [2.45, 2.75) is 32.1 Å². The highest BCUT2D eigenvalue weighted by molar-refractivity contribution is 5.80. The molecule has 0 unspecified atom stereocenters. The molecule has 1 aliphatic rings. The van der Waals surface area contributed by atoms with E-state index in [9.17, 15) is 0 Å². The molecule has 0 saturated heterocycles. The summed E-state index contributed by atoms with van der Waals surface area (Å²) in [5.74, 6) is 1.73. The van der Waals surface area contributed by atoms with Gasteiger partial charge in [-0.1, -0.05) is 55.5 Å². The number of benzene rings is 2. The summed E-state index contributed by atoms with van der Waals surface area (Å²) in [5, 5.41) is 1.15. The maximum atomic E-state index is 4.93. The molecule has 2 nitrogen and oxygen atoms in total. The molecule has 1 aromatic heterocycles. The quantitative estimate of drug-likeness (QED) is 0.685. The standard InChI is InChI=1S/C20H20N2/c1-14-12-20(13-14,16-8-4-3-5-9-16)19-21-15(2)17-10-6-7-11-18(17)22-19/h3-11,14H,12-13H2,1-2H3. The maximum absolute atomic E-state index is 4.93. The minimum atomic E-state index is -0.00450. The van der Waals surface area contributed by atoms with Crippen molar-refractivity contribution < 1.29 is 0 Å². The molecule has 110 valence electrons. The highest BCUT2D eigenvalue weighted by Crippen LogP contribution is 2.51. The van der Waals surface area contributed by atoms with Crippen LogP contribution in [0.2, 0.25) is 0 Å². The molecule has 3 aromatic rings. The number of nitrogens with zero attached hydrogens (tertiary/aromatic N) is 2. The van der Waals surface area contributed by atoms with E-state index in [4.69, 9.17) is 9.97 Å². The Morgan fingerprint density at radius 2 is 1.59 bits per heavy atom. The molecule has 4 rings (SSSR count). The summed E-state index contributed by atoms with van der Waals surface area (Å²) in [4.78, 5) is 9.83. The summed E-state index contributed by atoms with van der Waals surface area (Å²) >= 11 is 0. The Labute approximate surface area is 131 Å². The zero-order valence-corrected chi connectivity index (χ0v) is 13.1. The van der Waals surface area contributed by atoms with Crippen molar-refractivity contribution in [1.82, 2.24) is 9.97 Å². The molecule has 0 atom stereocenters. The van der Waals surface area contributed by atoms with E-state index in [1.165, 1.54) is 5.56 Å². The van der Waals surface area contributed by atoms with E-state index in [2.05, 4.69) is 68.4 Å². The minimum absolute atomic E-state index is 0.00450. The van der Waals surface area contributed by atoms with Crippen molar-refractivity contribution in [2.24, 2.45) is 5.92 Å². The molecule has 1 aliphatic carbocycles. The van der Waals surface area contributed by atoms with Crippen LogP contribution in [0.1, 0.15) is 36.8 Å². The van der Waals surface area contributed by atoms with Crippen LogP contribution in [0, 0.1) is 12.8 Å². The van der Waals surface area contributed by atoms with Crippen LogP contribution >= 0.6 is 0 Å². The fraction of sp³-hybridized carbons (Fsp3) is 0.300. The Morgan fingerprint density at radius 3 is 2.32 bits per heavy atom. The fourth-order valence-electron chi connectivity index (χ4n) is 3.88.